The molecule has 0 aliphatic rings. The Balaban J connectivity index is 2.48. The quantitative estimate of drug-likeness (QED) is 0.646. The summed E-state index contributed by atoms with van der Waals surface area (Å²) in [6.07, 6.45) is 0.268. The zero-order valence-corrected chi connectivity index (χ0v) is 11.0. The molecule has 0 spiro atoms. The number of hydrogen-bond donors (Lipinski definition) is 1. The van der Waals surface area contributed by atoms with E-state index in [2.05, 4.69) is 15.5 Å². The molecule has 0 atom stereocenters. The van der Waals surface area contributed by atoms with E-state index in [1.807, 2.05) is 6.07 Å². The number of hydrogen-bond acceptors (Lipinski definition) is 7. The molecule has 0 bridgehead atoms. The maximum atomic E-state index is 11.7. The molecule has 1 amide bonds. The number of aliphatic carboxylic acids is 1. The fraction of sp³-hybridized carbons (Fsp3) is 0.556. The lowest BCUT2D eigenvalue weighted by atomic mass is 10.4. The van der Waals surface area contributed by atoms with Crippen LogP contribution in [0, 0.1) is 11.3 Å². The normalized spacial score (nSPS) is 9.89. The van der Waals surface area contributed by atoms with Crippen molar-refractivity contribution in [3.05, 3.63) is 0 Å². The molecule has 0 fully saturated rings. The standard InChI is InChI=1S/C9H12N6O3S/c1-14(4-2-3-10)7(16)6-19-9-11-12-13-15(9)5-8(17)18/h2,4-6H2,1H3,(H,17,18). The molecule has 1 N–H and O–H groups in total. The fourth-order valence-electron chi connectivity index (χ4n) is 1.11. The second kappa shape index (κ2) is 7.32. The molecular formula is C9H12N6O3S. The number of thioether (sulfide) groups is 1. The predicted octanol–water partition coefficient (Wildman–Crippen LogP) is -0.778. The minimum atomic E-state index is -1.06. The van der Waals surface area contributed by atoms with Crippen molar-refractivity contribution in [1.29, 1.82) is 5.26 Å². The number of carboxylic acid groups (broad SMARTS) is 1. The van der Waals surface area contributed by atoms with Crippen molar-refractivity contribution in [2.45, 2.75) is 18.1 Å². The summed E-state index contributed by atoms with van der Waals surface area (Å²) in [5, 5.41) is 27.8. The van der Waals surface area contributed by atoms with Crippen LogP contribution in [-0.2, 0) is 16.1 Å². The topological polar surface area (TPSA) is 125 Å². The molecule has 1 aromatic heterocycles. The molecule has 9 nitrogen and oxygen atoms in total. The van der Waals surface area contributed by atoms with Crippen molar-refractivity contribution in [3.63, 3.8) is 0 Å². The third-order valence-electron chi connectivity index (χ3n) is 2.09. The van der Waals surface area contributed by atoms with Crippen LogP contribution < -0.4 is 0 Å². The molecule has 1 heterocycles. The van der Waals surface area contributed by atoms with E-state index >= 15 is 0 Å². The highest BCUT2D eigenvalue weighted by Crippen LogP contribution is 2.13. The number of rotatable bonds is 7. The van der Waals surface area contributed by atoms with E-state index in [-0.39, 0.29) is 29.8 Å². The predicted molar refractivity (Wildman–Crippen MR) is 64.0 cm³/mol. The average Bonchev–Trinajstić information content (AvgIpc) is 2.79. The van der Waals surface area contributed by atoms with Crippen LogP contribution in [0.15, 0.2) is 5.16 Å². The lowest BCUT2D eigenvalue weighted by Crippen LogP contribution is -2.29. The first-order valence-electron chi connectivity index (χ1n) is 5.26. The number of nitriles is 1. The van der Waals surface area contributed by atoms with Gasteiger partial charge in [0.15, 0.2) is 0 Å². The molecule has 0 saturated carbocycles. The average molecular weight is 284 g/mol. The Hall–Kier alpha value is -2.15. The van der Waals surface area contributed by atoms with Gasteiger partial charge in [0.1, 0.15) is 6.54 Å². The van der Waals surface area contributed by atoms with Gasteiger partial charge in [0.05, 0.1) is 18.2 Å². The number of carboxylic acids is 1. The third kappa shape index (κ3) is 4.92. The van der Waals surface area contributed by atoms with Crippen molar-refractivity contribution in [1.82, 2.24) is 25.1 Å². The van der Waals surface area contributed by atoms with Crippen LogP contribution in [-0.4, -0.2) is 61.4 Å². The minimum Gasteiger partial charge on any atom is -0.480 e. The third-order valence-corrected chi connectivity index (χ3v) is 3.04. The maximum Gasteiger partial charge on any atom is 0.325 e. The first-order chi connectivity index (χ1) is 9.04. The molecule has 19 heavy (non-hydrogen) atoms. The Labute approximate surface area is 113 Å². The second-order valence-corrected chi connectivity index (χ2v) is 4.47. The number of tetrazole rings is 1. The number of aromatic nitrogens is 4. The van der Waals surface area contributed by atoms with Crippen LogP contribution >= 0.6 is 11.8 Å². The molecule has 0 aromatic carbocycles. The molecule has 102 valence electrons. The SMILES string of the molecule is CN(CCC#N)C(=O)CSc1nnnn1CC(=O)O. The van der Waals surface area contributed by atoms with Crippen LogP contribution in [0.3, 0.4) is 0 Å². The highest BCUT2D eigenvalue weighted by atomic mass is 32.2. The highest BCUT2D eigenvalue weighted by Gasteiger charge is 2.14. The van der Waals surface area contributed by atoms with E-state index in [1.165, 1.54) is 4.90 Å². The van der Waals surface area contributed by atoms with Crippen molar-refractivity contribution < 1.29 is 14.7 Å². The maximum absolute atomic E-state index is 11.7. The first kappa shape index (κ1) is 14.9. The Kier molecular flexibility index (Phi) is 5.74. The molecule has 0 aliphatic carbocycles. The molecule has 1 rings (SSSR count). The van der Waals surface area contributed by atoms with Gasteiger partial charge in [-0.2, -0.15) is 5.26 Å². The lowest BCUT2D eigenvalue weighted by molar-refractivity contribution is -0.138. The first-order valence-corrected chi connectivity index (χ1v) is 6.25. The van der Waals surface area contributed by atoms with Crippen molar-refractivity contribution in [2.75, 3.05) is 19.3 Å². The number of carbonyl (C=O) groups excluding carboxylic acids is 1. The summed E-state index contributed by atoms with van der Waals surface area (Å²) in [4.78, 5) is 23.7. The summed E-state index contributed by atoms with van der Waals surface area (Å²) in [7, 11) is 1.60. The van der Waals surface area contributed by atoms with Gasteiger partial charge in [0.2, 0.25) is 11.1 Å². The van der Waals surface area contributed by atoms with E-state index in [9.17, 15) is 9.59 Å². The molecular weight excluding hydrogens is 272 g/mol. The monoisotopic (exact) mass is 284 g/mol. The summed E-state index contributed by atoms with van der Waals surface area (Å²) >= 11 is 1.05. The van der Waals surface area contributed by atoms with E-state index in [0.29, 0.717) is 6.54 Å². The summed E-state index contributed by atoms with van der Waals surface area (Å²) < 4.78 is 1.11. The van der Waals surface area contributed by atoms with Crippen molar-refractivity contribution in [3.8, 4) is 6.07 Å². The van der Waals surface area contributed by atoms with Gasteiger partial charge in [-0.15, -0.1) is 5.10 Å². The van der Waals surface area contributed by atoms with Gasteiger partial charge in [-0.1, -0.05) is 11.8 Å². The second-order valence-electron chi connectivity index (χ2n) is 3.52. The summed E-state index contributed by atoms with van der Waals surface area (Å²) in [5.41, 5.74) is 0. The molecule has 0 radical (unpaired) electrons. The molecule has 1 aromatic rings. The van der Waals surface area contributed by atoms with E-state index in [0.717, 1.165) is 16.4 Å². The Morgan fingerprint density at radius 2 is 2.32 bits per heavy atom. The smallest absolute Gasteiger partial charge is 0.325 e. The summed E-state index contributed by atoms with van der Waals surface area (Å²) in [5.74, 6) is -1.15. The highest BCUT2D eigenvalue weighted by molar-refractivity contribution is 7.99. The molecule has 0 aliphatic heterocycles. The van der Waals surface area contributed by atoms with Gasteiger partial charge in [-0.3, -0.25) is 9.59 Å². The summed E-state index contributed by atoms with van der Waals surface area (Å²) in [6, 6.07) is 1.95. The molecule has 0 saturated heterocycles. The largest absolute Gasteiger partial charge is 0.480 e. The van der Waals surface area contributed by atoms with Crippen molar-refractivity contribution >= 4 is 23.6 Å². The van der Waals surface area contributed by atoms with Gasteiger partial charge in [0, 0.05) is 13.6 Å². The molecule has 10 heteroatoms. The van der Waals surface area contributed by atoms with Crippen molar-refractivity contribution in [2.24, 2.45) is 0 Å². The minimum absolute atomic E-state index is 0.0852. The number of amides is 1. The van der Waals surface area contributed by atoms with Crippen LogP contribution in [0.2, 0.25) is 0 Å². The van der Waals surface area contributed by atoms with E-state index in [4.69, 9.17) is 10.4 Å². The zero-order valence-electron chi connectivity index (χ0n) is 10.2. The number of carbonyl (C=O) groups is 2. The van der Waals surface area contributed by atoms with E-state index in [1.54, 1.807) is 7.05 Å². The van der Waals surface area contributed by atoms with Crippen LogP contribution in [0.5, 0.6) is 0 Å². The van der Waals surface area contributed by atoms with E-state index < -0.39 is 5.97 Å². The molecule has 0 unspecified atom stereocenters. The zero-order chi connectivity index (χ0) is 14.3. The Bertz CT molecular complexity index is 496. The fourth-order valence-corrected chi connectivity index (χ4v) is 1.92. The summed E-state index contributed by atoms with van der Waals surface area (Å²) in [6.45, 7) is 0.00373. The van der Waals surface area contributed by atoms with Gasteiger partial charge in [-0.25, -0.2) is 4.68 Å². The van der Waals surface area contributed by atoms with Crippen LogP contribution in [0.25, 0.3) is 0 Å². The number of nitrogens with zero attached hydrogens (tertiary/aromatic N) is 6. The van der Waals surface area contributed by atoms with Gasteiger partial charge >= 0.3 is 5.97 Å². The van der Waals surface area contributed by atoms with Gasteiger partial charge in [-0.05, 0) is 10.4 Å². The Morgan fingerprint density at radius 3 is 2.95 bits per heavy atom. The van der Waals surface area contributed by atoms with Gasteiger partial charge in [0.25, 0.3) is 0 Å². The van der Waals surface area contributed by atoms with Gasteiger partial charge < -0.3 is 10.0 Å². The van der Waals surface area contributed by atoms with Crippen LogP contribution in [0.1, 0.15) is 6.42 Å². The lowest BCUT2D eigenvalue weighted by Gasteiger charge is -2.14. The van der Waals surface area contributed by atoms with Crippen LogP contribution in [0.4, 0.5) is 0 Å². The Morgan fingerprint density at radius 1 is 1.58 bits per heavy atom.